The SMILES string of the molecule is [B]NC(=O)C[C@@H](NC(=O)CCCCCNC(=O)CN(CC(=O)NCCCCCC(=O)CC)CC(=O)NCCCCCC(=O)N[C@H](CC(=O)N[B])C(=O)N[B])C(=O)N[B]. The van der Waals surface area contributed by atoms with Crippen LogP contribution >= 0.6 is 0 Å². The summed E-state index contributed by atoms with van der Waals surface area (Å²) < 4.78 is 0. The fourth-order valence-electron chi connectivity index (χ4n) is 5.24. The van der Waals surface area contributed by atoms with Gasteiger partial charge in [-0.2, -0.15) is 0 Å². The molecule has 0 spiro atoms. The first kappa shape index (κ1) is 53.1. The number of rotatable bonds is 33. The molecule has 0 aliphatic carbocycles. The third-order valence-corrected chi connectivity index (χ3v) is 8.45. The van der Waals surface area contributed by atoms with Crippen molar-refractivity contribution in [2.75, 3.05) is 39.3 Å². The average molecular weight is 808 g/mol. The lowest BCUT2D eigenvalue weighted by molar-refractivity contribution is -0.130. The fraction of sp³-hybridized carbons (Fsp3) is 0.706. The van der Waals surface area contributed by atoms with E-state index in [-0.39, 0.29) is 57.3 Å². The maximum atomic E-state index is 12.8. The van der Waals surface area contributed by atoms with Gasteiger partial charge in [-0.3, -0.25) is 52.8 Å². The molecular formula is C34H56B4N10O10. The summed E-state index contributed by atoms with van der Waals surface area (Å²) >= 11 is 0. The molecule has 9 N–H and O–H groups in total. The van der Waals surface area contributed by atoms with E-state index < -0.39 is 72.2 Å². The minimum atomic E-state index is -1.20. The van der Waals surface area contributed by atoms with Crippen LogP contribution in [-0.2, 0) is 47.9 Å². The van der Waals surface area contributed by atoms with Crippen molar-refractivity contribution in [3.63, 3.8) is 0 Å². The average Bonchev–Trinajstić information content (AvgIpc) is 3.19. The van der Waals surface area contributed by atoms with Gasteiger partial charge >= 0.3 is 0 Å². The normalized spacial score (nSPS) is 11.6. The molecule has 2 atom stereocenters. The van der Waals surface area contributed by atoms with Gasteiger partial charge in [0.15, 0.2) is 0 Å². The molecule has 0 rings (SSSR count). The van der Waals surface area contributed by atoms with E-state index in [2.05, 4.69) is 26.6 Å². The summed E-state index contributed by atoms with van der Waals surface area (Å²) in [5.74, 6) is -4.89. The van der Waals surface area contributed by atoms with Gasteiger partial charge in [0.05, 0.1) is 32.5 Å². The largest absolute Gasteiger partial charge is 0.409 e. The molecule has 58 heavy (non-hydrogen) atoms. The van der Waals surface area contributed by atoms with Gasteiger partial charge in [-0.1, -0.05) is 26.2 Å². The molecular weight excluding hydrogens is 752 g/mol. The molecule has 0 saturated heterocycles. The van der Waals surface area contributed by atoms with E-state index in [0.29, 0.717) is 64.3 Å². The Bertz CT molecular complexity index is 1290. The van der Waals surface area contributed by atoms with Crippen molar-refractivity contribution in [3.05, 3.63) is 0 Å². The topological polar surface area (TPSA) is 282 Å². The predicted octanol–water partition coefficient (Wildman–Crippen LogP) is -4.15. The Morgan fingerprint density at radius 3 is 1.09 bits per heavy atom. The number of carbonyl (C=O) groups is 10. The lowest BCUT2D eigenvalue weighted by atomic mass is 10.1. The molecule has 0 unspecified atom stereocenters. The van der Waals surface area contributed by atoms with Crippen molar-refractivity contribution in [1.29, 1.82) is 0 Å². The second-order valence-electron chi connectivity index (χ2n) is 13.3. The molecule has 0 aromatic carbocycles. The van der Waals surface area contributed by atoms with Crippen LogP contribution in [0.15, 0.2) is 0 Å². The molecule has 20 nitrogen and oxygen atoms in total. The van der Waals surface area contributed by atoms with Crippen molar-refractivity contribution >= 4 is 90.9 Å². The second-order valence-corrected chi connectivity index (χ2v) is 13.3. The highest BCUT2D eigenvalue weighted by molar-refractivity contribution is 6.18. The van der Waals surface area contributed by atoms with Crippen LogP contribution in [0.1, 0.15) is 103 Å². The quantitative estimate of drug-likeness (QED) is 0.0227. The Hall–Kier alpha value is -4.88. The molecule has 0 bridgehead atoms. The predicted molar refractivity (Wildman–Crippen MR) is 215 cm³/mol. The van der Waals surface area contributed by atoms with Gasteiger partial charge in [0.2, 0.25) is 85.1 Å². The Morgan fingerprint density at radius 2 is 0.776 bits per heavy atom. The lowest BCUT2D eigenvalue weighted by Gasteiger charge is -2.21. The Kier molecular flexibility index (Phi) is 30.3. The van der Waals surface area contributed by atoms with Crippen molar-refractivity contribution in [3.8, 4) is 0 Å². The van der Waals surface area contributed by atoms with E-state index in [9.17, 15) is 47.9 Å². The first-order chi connectivity index (χ1) is 27.7. The molecule has 0 aliphatic heterocycles. The molecule has 8 radical (unpaired) electrons. The number of hydrogen-bond donors (Lipinski definition) is 9. The van der Waals surface area contributed by atoms with E-state index >= 15 is 0 Å². The zero-order chi connectivity index (χ0) is 43.7. The van der Waals surface area contributed by atoms with Crippen LogP contribution in [0.3, 0.4) is 0 Å². The van der Waals surface area contributed by atoms with Crippen LogP contribution < -0.4 is 47.5 Å². The minimum Gasteiger partial charge on any atom is -0.409 e. The summed E-state index contributed by atoms with van der Waals surface area (Å²) in [7, 11) is 20.3. The van der Waals surface area contributed by atoms with Gasteiger partial charge in [-0.15, -0.1) is 0 Å². The van der Waals surface area contributed by atoms with Crippen LogP contribution in [0.4, 0.5) is 0 Å². The van der Waals surface area contributed by atoms with Gasteiger partial charge in [-0.05, 0) is 38.5 Å². The summed E-state index contributed by atoms with van der Waals surface area (Å²) in [5, 5.41) is 20.6. The summed E-state index contributed by atoms with van der Waals surface area (Å²) in [6.45, 7) is 1.95. The summed E-state index contributed by atoms with van der Waals surface area (Å²) in [5.41, 5.74) is 0. The number of Topliss-reactive ketones (excluding diaryl/α,β-unsaturated/α-hetero) is 1. The Balaban J connectivity index is 4.88. The lowest BCUT2D eigenvalue weighted by Crippen LogP contribution is -2.48. The van der Waals surface area contributed by atoms with Gasteiger partial charge in [-0.25, -0.2) is 0 Å². The zero-order valence-corrected chi connectivity index (χ0v) is 33.3. The minimum absolute atomic E-state index is 0.0450. The number of nitrogens with one attached hydrogen (secondary N) is 9. The molecule has 0 aromatic rings. The fourth-order valence-corrected chi connectivity index (χ4v) is 5.24. The summed E-state index contributed by atoms with van der Waals surface area (Å²) in [4.78, 5) is 122. The Labute approximate surface area is 345 Å². The van der Waals surface area contributed by atoms with E-state index in [1.54, 1.807) is 0 Å². The molecule has 0 saturated carbocycles. The monoisotopic (exact) mass is 808 g/mol. The standard InChI is InChI=1S/C34H56B4N10O10/c1-2-23(49)12-6-3-9-15-39-30(54)20-48(21-31(55)40-16-10-4-7-13-26(50)42-24(33(57)46-37)18-28(52)44-35)22-32(56)41-17-11-5-8-14-27(51)43-25(34(58)47-38)19-29(53)45-36/h24-25H,2-22H2,1H3,(H,39,54)(H,40,55)(H,41,56)(H,42,50)(H,43,51)(H,44,52)(H,45,53)(H,46,57)(H,47,58)/t24-,25-/m1/s1. The van der Waals surface area contributed by atoms with Crippen molar-refractivity contribution in [2.45, 2.75) is 115 Å². The van der Waals surface area contributed by atoms with Crippen molar-refractivity contribution in [2.24, 2.45) is 0 Å². The van der Waals surface area contributed by atoms with E-state index in [0.717, 1.165) is 12.8 Å². The van der Waals surface area contributed by atoms with Crippen molar-refractivity contribution in [1.82, 2.24) is 52.4 Å². The number of nitrogens with zero attached hydrogens (tertiary/aromatic N) is 1. The van der Waals surface area contributed by atoms with Crippen molar-refractivity contribution < 1.29 is 47.9 Å². The first-order valence-electron chi connectivity index (χ1n) is 19.3. The molecule has 0 aromatic heterocycles. The molecule has 0 fully saturated rings. The van der Waals surface area contributed by atoms with Gasteiger partial charge in [0.1, 0.15) is 17.9 Å². The van der Waals surface area contributed by atoms with Crippen LogP contribution in [0.5, 0.6) is 0 Å². The van der Waals surface area contributed by atoms with Gasteiger partial charge < -0.3 is 47.5 Å². The van der Waals surface area contributed by atoms with Crippen LogP contribution in [-0.4, -0.2) is 147 Å². The van der Waals surface area contributed by atoms with E-state index in [4.69, 9.17) is 31.9 Å². The van der Waals surface area contributed by atoms with Crippen LogP contribution in [0.2, 0.25) is 0 Å². The van der Waals surface area contributed by atoms with Crippen LogP contribution in [0.25, 0.3) is 0 Å². The highest BCUT2D eigenvalue weighted by Crippen LogP contribution is 2.04. The zero-order valence-electron chi connectivity index (χ0n) is 33.3. The highest BCUT2D eigenvalue weighted by Gasteiger charge is 2.23. The molecule has 24 heteroatoms. The first-order valence-corrected chi connectivity index (χ1v) is 19.3. The maximum Gasteiger partial charge on any atom is 0.234 e. The number of hydrogen-bond acceptors (Lipinski definition) is 11. The third-order valence-electron chi connectivity index (χ3n) is 8.45. The van der Waals surface area contributed by atoms with E-state index in [1.165, 1.54) is 4.90 Å². The van der Waals surface area contributed by atoms with Crippen LogP contribution in [0, 0.1) is 0 Å². The number of amides is 9. The molecule has 9 amide bonds. The number of ketones is 1. The highest BCUT2D eigenvalue weighted by atomic mass is 16.2. The van der Waals surface area contributed by atoms with Gasteiger partial charge in [0.25, 0.3) is 0 Å². The number of carbonyl (C=O) groups excluding carboxylic acids is 10. The van der Waals surface area contributed by atoms with Gasteiger partial charge in [0, 0.05) is 45.3 Å². The smallest absolute Gasteiger partial charge is 0.234 e. The third kappa shape index (κ3) is 27.7. The Morgan fingerprint density at radius 1 is 0.431 bits per heavy atom. The number of unbranched alkanes of at least 4 members (excludes halogenated alkanes) is 6. The molecule has 0 aliphatic rings. The van der Waals surface area contributed by atoms with E-state index in [1.807, 2.05) is 27.8 Å². The second kappa shape index (κ2) is 33.1. The summed E-state index contributed by atoms with van der Waals surface area (Å²) in [6, 6.07) is -2.40. The molecule has 0 heterocycles. The summed E-state index contributed by atoms with van der Waals surface area (Å²) in [6.07, 6.45) is 5.33. The molecule has 314 valence electrons. The maximum absolute atomic E-state index is 12.8.